The zero-order valence-electron chi connectivity index (χ0n) is 19.7. The standard InChI is InChI=1S/C28H25NO6/c1-17-4-11-24(19(3)12-17)29-26(30)16-34-28(32)21-7-5-20(6-8-21)15-33-22-9-10-23-18(2)13-27(31)35-25(23)14-22/h4-14H,15-16H2,1-3H3,(H,29,30). The molecule has 35 heavy (non-hydrogen) atoms. The van der Waals surface area contributed by atoms with Crippen LogP contribution < -0.4 is 15.7 Å². The summed E-state index contributed by atoms with van der Waals surface area (Å²) in [6.07, 6.45) is 0. The number of ether oxygens (including phenoxy) is 2. The third-order valence-corrected chi connectivity index (χ3v) is 5.51. The molecule has 1 aromatic heterocycles. The second-order valence-electron chi connectivity index (χ2n) is 8.33. The summed E-state index contributed by atoms with van der Waals surface area (Å²) >= 11 is 0. The van der Waals surface area contributed by atoms with Gasteiger partial charge < -0.3 is 19.2 Å². The summed E-state index contributed by atoms with van der Waals surface area (Å²) in [7, 11) is 0. The van der Waals surface area contributed by atoms with E-state index in [1.54, 1.807) is 30.3 Å². The van der Waals surface area contributed by atoms with E-state index >= 15 is 0 Å². The van der Waals surface area contributed by atoms with Crippen molar-refractivity contribution in [3.63, 3.8) is 0 Å². The van der Waals surface area contributed by atoms with Crippen LogP contribution in [0.15, 0.2) is 75.9 Å². The van der Waals surface area contributed by atoms with Crippen LogP contribution in [0.5, 0.6) is 5.75 Å². The van der Waals surface area contributed by atoms with Crippen molar-refractivity contribution in [3.8, 4) is 5.75 Å². The first-order valence-corrected chi connectivity index (χ1v) is 11.1. The largest absolute Gasteiger partial charge is 0.489 e. The molecule has 0 atom stereocenters. The molecule has 4 rings (SSSR count). The number of fused-ring (bicyclic) bond motifs is 1. The molecule has 1 N–H and O–H groups in total. The molecule has 0 saturated heterocycles. The van der Waals surface area contributed by atoms with Gasteiger partial charge in [-0.2, -0.15) is 0 Å². The quantitative estimate of drug-likeness (QED) is 0.298. The molecule has 0 saturated carbocycles. The van der Waals surface area contributed by atoms with Gasteiger partial charge in [-0.15, -0.1) is 0 Å². The summed E-state index contributed by atoms with van der Waals surface area (Å²) in [6.45, 7) is 5.61. The number of aryl methyl sites for hydroxylation is 3. The molecule has 0 unspecified atom stereocenters. The van der Waals surface area contributed by atoms with Gasteiger partial charge in [0.05, 0.1) is 5.56 Å². The van der Waals surface area contributed by atoms with Gasteiger partial charge in [-0.05, 0) is 67.8 Å². The molecule has 3 aromatic carbocycles. The van der Waals surface area contributed by atoms with Crippen LogP contribution in [0.2, 0.25) is 0 Å². The fraction of sp³-hybridized carbons (Fsp3) is 0.179. The average Bonchev–Trinajstić information content (AvgIpc) is 2.83. The van der Waals surface area contributed by atoms with E-state index in [0.29, 0.717) is 22.6 Å². The van der Waals surface area contributed by atoms with E-state index in [0.717, 1.165) is 27.6 Å². The number of carbonyl (C=O) groups is 2. The van der Waals surface area contributed by atoms with Crippen molar-refractivity contribution in [1.82, 2.24) is 0 Å². The predicted octanol–water partition coefficient (Wildman–Crippen LogP) is 5.09. The number of carbonyl (C=O) groups excluding carboxylic acids is 2. The van der Waals surface area contributed by atoms with Crippen molar-refractivity contribution in [1.29, 1.82) is 0 Å². The summed E-state index contributed by atoms with van der Waals surface area (Å²) in [5.41, 5.74) is 4.78. The molecule has 7 nitrogen and oxygen atoms in total. The van der Waals surface area contributed by atoms with E-state index in [1.807, 2.05) is 51.1 Å². The molecule has 0 aliphatic rings. The number of rotatable bonds is 7. The lowest BCUT2D eigenvalue weighted by molar-refractivity contribution is -0.119. The van der Waals surface area contributed by atoms with Crippen LogP contribution in [0.4, 0.5) is 5.69 Å². The van der Waals surface area contributed by atoms with E-state index in [2.05, 4.69) is 5.32 Å². The molecule has 0 aliphatic heterocycles. The number of hydrogen-bond acceptors (Lipinski definition) is 6. The van der Waals surface area contributed by atoms with E-state index < -0.39 is 17.5 Å². The van der Waals surface area contributed by atoms with Gasteiger partial charge in [0.2, 0.25) is 0 Å². The molecule has 0 radical (unpaired) electrons. The lowest BCUT2D eigenvalue weighted by Gasteiger charge is -2.10. The Morgan fingerprint density at radius 2 is 1.66 bits per heavy atom. The van der Waals surface area contributed by atoms with Crippen molar-refractivity contribution in [2.45, 2.75) is 27.4 Å². The Bertz CT molecular complexity index is 1450. The Morgan fingerprint density at radius 3 is 2.40 bits per heavy atom. The molecule has 178 valence electrons. The molecule has 1 heterocycles. The smallest absolute Gasteiger partial charge is 0.338 e. The van der Waals surface area contributed by atoms with Gasteiger partial charge in [0.1, 0.15) is 17.9 Å². The summed E-state index contributed by atoms with van der Waals surface area (Å²) < 4.78 is 16.2. The summed E-state index contributed by atoms with van der Waals surface area (Å²) in [6, 6.07) is 19.2. The minimum Gasteiger partial charge on any atom is -0.489 e. The van der Waals surface area contributed by atoms with E-state index in [4.69, 9.17) is 13.9 Å². The van der Waals surface area contributed by atoms with Gasteiger partial charge in [-0.25, -0.2) is 9.59 Å². The Hall–Kier alpha value is -4.39. The molecule has 0 aliphatic carbocycles. The van der Waals surface area contributed by atoms with Crippen LogP contribution in [0.25, 0.3) is 11.0 Å². The molecular weight excluding hydrogens is 446 g/mol. The highest BCUT2D eigenvalue weighted by Crippen LogP contribution is 2.23. The summed E-state index contributed by atoms with van der Waals surface area (Å²) in [5.74, 6) is -0.436. The minimum absolute atomic E-state index is 0.259. The lowest BCUT2D eigenvalue weighted by atomic mass is 10.1. The van der Waals surface area contributed by atoms with Gasteiger partial charge in [-0.3, -0.25) is 4.79 Å². The highest BCUT2D eigenvalue weighted by molar-refractivity contribution is 5.96. The highest BCUT2D eigenvalue weighted by atomic mass is 16.5. The van der Waals surface area contributed by atoms with E-state index in [1.165, 1.54) is 6.07 Å². The van der Waals surface area contributed by atoms with E-state index in [-0.39, 0.29) is 13.2 Å². The topological polar surface area (TPSA) is 94.8 Å². The van der Waals surface area contributed by atoms with Crippen molar-refractivity contribution >= 4 is 28.5 Å². The number of benzene rings is 3. The maximum atomic E-state index is 12.3. The number of esters is 1. The number of anilines is 1. The maximum Gasteiger partial charge on any atom is 0.338 e. The van der Waals surface area contributed by atoms with Gasteiger partial charge >= 0.3 is 11.6 Å². The Labute approximate surface area is 202 Å². The van der Waals surface area contributed by atoms with Crippen molar-refractivity contribution in [2.75, 3.05) is 11.9 Å². The van der Waals surface area contributed by atoms with Crippen molar-refractivity contribution in [3.05, 3.63) is 105 Å². The van der Waals surface area contributed by atoms with Gasteiger partial charge in [0, 0.05) is 23.2 Å². The highest BCUT2D eigenvalue weighted by Gasteiger charge is 2.12. The minimum atomic E-state index is -0.590. The Balaban J connectivity index is 1.30. The Morgan fingerprint density at radius 1 is 0.886 bits per heavy atom. The third kappa shape index (κ3) is 5.95. The fourth-order valence-corrected chi connectivity index (χ4v) is 3.65. The van der Waals surface area contributed by atoms with Crippen LogP contribution in [0, 0.1) is 20.8 Å². The number of hydrogen-bond donors (Lipinski definition) is 1. The van der Waals surface area contributed by atoms with Crippen LogP contribution >= 0.6 is 0 Å². The predicted molar refractivity (Wildman–Crippen MR) is 133 cm³/mol. The monoisotopic (exact) mass is 471 g/mol. The zero-order chi connectivity index (χ0) is 24.9. The van der Waals surface area contributed by atoms with Gasteiger partial charge in [0.15, 0.2) is 6.61 Å². The first-order valence-electron chi connectivity index (χ1n) is 11.1. The first kappa shape index (κ1) is 23.8. The SMILES string of the molecule is Cc1ccc(NC(=O)COC(=O)c2ccc(COc3ccc4c(C)cc(=O)oc4c3)cc2)c(C)c1. The first-order chi connectivity index (χ1) is 16.8. The molecule has 0 bridgehead atoms. The fourth-order valence-electron chi connectivity index (χ4n) is 3.65. The second kappa shape index (κ2) is 10.3. The lowest BCUT2D eigenvalue weighted by Crippen LogP contribution is -2.21. The van der Waals surface area contributed by atoms with Gasteiger partial charge in [0.25, 0.3) is 5.91 Å². The third-order valence-electron chi connectivity index (χ3n) is 5.51. The maximum absolute atomic E-state index is 12.3. The van der Waals surface area contributed by atoms with Gasteiger partial charge in [-0.1, -0.05) is 29.8 Å². The molecule has 1 amide bonds. The molecular formula is C28H25NO6. The van der Waals surface area contributed by atoms with Crippen molar-refractivity contribution < 1.29 is 23.5 Å². The molecule has 0 fully saturated rings. The van der Waals surface area contributed by atoms with Crippen molar-refractivity contribution in [2.24, 2.45) is 0 Å². The number of nitrogens with one attached hydrogen (secondary N) is 1. The second-order valence-corrected chi connectivity index (χ2v) is 8.33. The van der Waals surface area contributed by atoms with Crippen LogP contribution in [0.3, 0.4) is 0 Å². The molecule has 7 heteroatoms. The van der Waals surface area contributed by atoms with Crippen LogP contribution in [-0.4, -0.2) is 18.5 Å². The molecule has 0 spiro atoms. The normalized spacial score (nSPS) is 10.7. The average molecular weight is 472 g/mol. The van der Waals surface area contributed by atoms with Crippen LogP contribution in [-0.2, 0) is 16.1 Å². The summed E-state index contributed by atoms with van der Waals surface area (Å²) in [5, 5.41) is 3.60. The number of amides is 1. The summed E-state index contributed by atoms with van der Waals surface area (Å²) in [4.78, 5) is 36.1. The zero-order valence-corrected chi connectivity index (χ0v) is 19.7. The Kier molecular flexibility index (Phi) is 6.96. The molecule has 4 aromatic rings. The van der Waals surface area contributed by atoms with Crippen LogP contribution in [0.1, 0.15) is 32.6 Å². The van der Waals surface area contributed by atoms with E-state index in [9.17, 15) is 14.4 Å².